The van der Waals surface area contributed by atoms with E-state index < -0.39 is 0 Å². The van der Waals surface area contributed by atoms with Gasteiger partial charge in [-0.25, -0.2) is 9.67 Å². The topological polar surface area (TPSA) is 94.1 Å². The summed E-state index contributed by atoms with van der Waals surface area (Å²) in [7, 11) is 1.62. The number of para-hydroxylation sites is 1. The molecule has 0 saturated carbocycles. The summed E-state index contributed by atoms with van der Waals surface area (Å²) in [5.41, 5.74) is 3.93. The molecule has 1 aliphatic rings. The summed E-state index contributed by atoms with van der Waals surface area (Å²) in [4.78, 5) is 20.8. The number of aromatic amines is 1. The highest BCUT2D eigenvalue weighted by Gasteiger charge is 2.19. The number of methoxy groups -OCH3 is 1. The molecule has 1 aliphatic heterocycles. The van der Waals surface area contributed by atoms with E-state index >= 15 is 0 Å². The molecule has 0 radical (unpaired) electrons. The number of H-pyrrole nitrogens is 1. The van der Waals surface area contributed by atoms with Crippen LogP contribution in [0, 0.1) is 6.92 Å². The molecule has 0 spiro atoms. The summed E-state index contributed by atoms with van der Waals surface area (Å²) >= 11 is 0. The summed E-state index contributed by atoms with van der Waals surface area (Å²) in [6.07, 6.45) is 1.95. The van der Waals surface area contributed by atoms with E-state index in [4.69, 9.17) is 14.5 Å². The third-order valence-electron chi connectivity index (χ3n) is 5.75. The molecule has 0 bridgehead atoms. The van der Waals surface area contributed by atoms with Crippen molar-refractivity contribution in [1.29, 1.82) is 0 Å². The van der Waals surface area contributed by atoms with Crippen molar-refractivity contribution in [2.75, 3.05) is 25.6 Å². The summed E-state index contributed by atoms with van der Waals surface area (Å²) in [5, 5.41) is 8.10. The highest BCUT2D eigenvalue weighted by atomic mass is 16.5. The quantitative estimate of drug-likeness (QED) is 0.501. The van der Waals surface area contributed by atoms with Crippen LogP contribution in [0.3, 0.4) is 0 Å². The first kappa shape index (κ1) is 20.3. The maximum atomic E-state index is 13.1. The number of rotatable bonds is 5. The first-order valence-electron chi connectivity index (χ1n) is 10.7. The van der Waals surface area contributed by atoms with E-state index in [1.807, 2.05) is 55.5 Å². The van der Waals surface area contributed by atoms with Gasteiger partial charge in [0.15, 0.2) is 5.52 Å². The molecule has 5 rings (SSSR count). The zero-order valence-electron chi connectivity index (χ0n) is 18.1. The van der Waals surface area contributed by atoms with Gasteiger partial charge in [-0.15, -0.1) is 0 Å². The van der Waals surface area contributed by atoms with Gasteiger partial charge in [0, 0.05) is 31.0 Å². The van der Waals surface area contributed by atoms with Gasteiger partial charge in [0.2, 0.25) is 0 Å². The van der Waals surface area contributed by atoms with Crippen LogP contribution >= 0.6 is 0 Å². The second-order valence-corrected chi connectivity index (χ2v) is 7.89. The number of nitrogens with one attached hydrogen (secondary N) is 2. The molecule has 8 heteroatoms. The Morgan fingerprint density at radius 2 is 1.94 bits per heavy atom. The summed E-state index contributed by atoms with van der Waals surface area (Å²) in [6, 6.07) is 15.8. The van der Waals surface area contributed by atoms with Gasteiger partial charge in [-0.3, -0.25) is 4.79 Å². The van der Waals surface area contributed by atoms with Crippen LogP contribution in [0.2, 0.25) is 0 Å². The molecule has 2 aromatic carbocycles. The Balaban J connectivity index is 1.54. The third kappa shape index (κ3) is 3.73. The van der Waals surface area contributed by atoms with E-state index in [2.05, 4.69) is 15.4 Å². The zero-order chi connectivity index (χ0) is 22.1. The first-order valence-corrected chi connectivity index (χ1v) is 10.7. The molecule has 3 heterocycles. The standard InChI is InChI=1S/C24H25N5O3/c1-15-21-22(29(28-15)18-6-4-3-5-7-18)24(30)27-23(26-21)19-9-8-17(14-20(19)31-2)25-16-10-12-32-13-11-16/h3-9,14,16,25H,10-13H2,1-2H3,(H,26,27,30). The lowest BCUT2D eigenvalue weighted by molar-refractivity contribution is 0.0904. The lowest BCUT2D eigenvalue weighted by Gasteiger charge is -2.24. The van der Waals surface area contributed by atoms with Crippen LogP contribution in [-0.4, -0.2) is 46.1 Å². The molecule has 0 unspecified atom stereocenters. The van der Waals surface area contributed by atoms with Crippen LogP contribution in [0.15, 0.2) is 53.3 Å². The molecule has 2 N–H and O–H groups in total. The van der Waals surface area contributed by atoms with Gasteiger partial charge < -0.3 is 19.8 Å². The molecule has 164 valence electrons. The van der Waals surface area contributed by atoms with Crippen LogP contribution in [0.4, 0.5) is 5.69 Å². The van der Waals surface area contributed by atoms with E-state index in [1.165, 1.54) is 0 Å². The minimum absolute atomic E-state index is 0.249. The molecule has 1 fully saturated rings. The minimum Gasteiger partial charge on any atom is -0.496 e. The molecule has 8 nitrogen and oxygen atoms in total. The Labute approximate surface area is 185 Å². The van der Waals surface area contributed by atoms with Crippen LogP contribution in [0.1, 0.15) is 18.5 Å². The SMILES string of the molecule is COc1cc(NC2CCOCC2)ccc1-c1nc2c(C)nn(-c3ccccc3)c2c(=O)[nH]1. The van der Waals surface area contributed by atoms with Crippen molar-refractivity contribution in [3.63, 3.8) is 0 Å². The van der Waals surface area contributed by atoms with E-state index in [0.29, 0.717) is 34.3 Å². The predicted octanol–water partition coefficient (Wildman–Crippen LogP) is 3.68. The third-order valence-corrected chi connectivity index (χ3v) is 5.75. The van der Waals surface area contributed by atoms with E-state index in [0.717, 1.165) is 43.0 Å². The van der Waals surface area contributed by atoms with Crippen molar-refractivity contribution in [1.82, 2.24) is 19.7 Å². The lowest BCUT2D eigenvalue weighted by atomic mass is 10.1. The van der Waals surface area contributed by atoms with Crippen LogP contribution < -0.4 is 15.6 Å². The van der Waals surface area contributed by atoms with Gasteiger partial charge in [0.1, 0.15) is 17.1 Å². The second kappa shape index (κ2) is 8.47. The number of aryl methyl sites for hydroxylation is 1. The molecule has 1 saturated heterocycles. The maximum Gasteiger partial charge on any atom is 0.277 e. The van der Waals surface area contributed by atoms with E-state index in [9.17, 15) is 4.79 Å². The Morgan fingerprint density at radius 1 is 1.16 bits per heavy atom. The van der Waals surface area contributed by atoms with Crippen molar-refractivity contribution in [3.05, 3.63) is 64.6 Å². The number of anilines is 1. The van der Waals surface area contributed by atoms with Crippen LogP contribution in [0.5, 0.6) is 5.75 Å². The number of nitrogens with zero attached hydrogens (tertiary/aromatic N) is 3. The van der Waals surface area contributed by atoms with Gasteiger partial charge in [-0.1, -0.05) is 18.2 Å². The molecule has 0 aliphatic carbocycles. The maximum absolute atomic E-state index is 13.1. The van der Waals surface area contributed by atoms with Crippen molar-refractivity contribution >= 4 is 16.7 Å². The summed E-state index contributed by atoms with van der Waals surface area (Å²) in [6.45, 7) is 3.40. The number of aromatic nitrogens is 4. The van der Waals surface area contributed by atoms with Gasteiger partial charge in [-0.05, 0) is 44.0 Å². The predicted molar refractivity (Wildman–Crippen MR) is 124 cm³/mol. The monoisotopic (exact) mass is 431 g/mol. The molecular formula is C24H25N5O3. The molecule has 2 aromatic heterocycles. The molecule has 0 atom stereocenters. The molecule has 0 amide bonds. The smallest absolute Gasteiger partial charge is 0.277 e. The Kier molecular flexibility index (Phi) is 5.36. The average molecular weight is 431 g/mol. The molecular weight excluding hydrogens is 406 g/mol. The fraction of sp³-hybridized carbons (Fsp3) is 0.292. The normalized spacial score (nSPS) is 14.6. The number of hydrogen-bond acceptors (Lipinski definition) is 6. The largest absolute Gasteiger partial charge is 0.496 e. The van der Waals surface area contributed by atoms with Crippen LogP contribution in [0.25, 0.3) is 28.1 Å². The highest BCUT2D eigenvalue weighted by molar-refractivity contribution is 5.81. The van der Waals surface area contributed by atoms with Gasteiger partial charge in [0.05, 0.1) is 24.1 Å². The van der Waals surface area contributed by atoms with Gasteiger partial charge in [0.25, 0.3) is 5.56 Å². The van der Waals surface area contributed by atoms with Crippen molar-refractivity contribution in [3.8, 4) is 22.8 Å². The van der Waals surface area contributed by atoms with Crippen LogP contribution in [-0.2, 0) is 4.74 Å². The second-order valence-electron chi connectivity index (χ2n) is 7.89. The Hall–Kier alpha value is -3.65. The lowest BCUT2D eigenvalue weighted by Crippen LogP contribution is -2.27. The zero-order valence-corrected chi connectivity index (χ0v) is 18.1. The number of hydrogen-bond donors (Lipinski definition) is 2. The summed E-state index contributed by atoms with van der Waals surface area (Å²) in [5.74, 6) is 1.09. The molecule has 32 heavy (non-hydrogen) atoms. The van der Waals surface area contributed by atoms with E-state index in [1.54, 1.807) is 11.8 Å². The highest BCUT2D eigenvalue weighted by Crippen LogP contribution is 2.32. The summed E-state index contributed by atoms with van der Waals surface area (Å²) < 4.78 is 12.7. The van der Waals surface area contributed by atoms with Gasteiger partial charge in [-0.2, -0.15) is 5.10 Å². The Bertz CT molecular complexity index is 1310. The van der Waals surface area contributed by atoms with Crippen molar-refractivity contribution < 1.29 is 9.47 Å². The van der Waals surface area contributed by atoms with Gasteiger partial charge >= 0.3 is 0 Å². The van der Waals surface area contributed by atoms with E-state index in [-0.39, 0.29) is 5.56 Å². The number of ether oxygens (including phenoxy) is 2. The first-order chi connectivity index (χ1) is 15.6. The molecule has 4 aromatic rings. The Morgan fingerprint density at radius 3 is 2.69 bits per heavy atom. The number of benzene rings is 2. The average Bonchev–Trinajstić information content (AvgIpc) is 3.17. The fourth-order valence-electron chi connectivity index (χ4n) is 4.10. The minimum atomic E-state index is -0.249. The fourth-order valence-corrected chi connectivity index (χ4v) is 4.10. The van der Waals surface area contributed by atoms with Crippen molar-refractivity contribution in [2.45, 2.75) is 25.8 Å². The van der Waals surface area contributed by atoms with Crippen molar-refractivity contribution in [2.24, 2.45) is 0 Å². The number of fused-ring (bicyclic) bond motifs is 1.